The molecule has 3 nitrogen and oxygen atoms in total. The summed E-state index contributed by atoms with van der Waals surface area (Å²) in [5.41, 5.74) is 0. The first kappa shape index (κ1) is 8.14. The number of nitrogens with one attached hydrogen (secondary N) is 1. The SMILES string of the molecule is CC.Cc1n[nH]c(C)n1. The summed E-state index contributed by atoms with van der Waals surface area (Å²) < 4.78 is 0. The molecule has 1 aromatic rings. The number of hydrogen-bond acceptors (Lipinski definition) is 2. The minimum atomic E-state index is 0.803. The van der Waals surface area contributed by atoms with Gasteiger partial charge in [0.05, 0.1) is 0 Å². The molecule has 0 aliphatic carbocycles. The molecule has 0 radical (unpaired) electrons. The molecule has 52 valence electrons. The van der Waals surface area contributed by atoms with Crippen molar-refractivity contribution in [1.82, 2.24) is 15.2 Å². The van der Waals surface area contributed by atoms with Crippen molar-refractivity contribution in [2.75, 3.05) is 0 Å². The maximum Gasteiger partial charge on any atom is 0.147 e. The molecule has 0 fully saturated rings. The lowest BCUT2D eigenvalue weighted by molar-refractivity contribution is 1.02. The van der Waals surface area contributed by atoms with Crippen molar-refractivity contribution in [2.45, 2.75) is 27.7 Å². The van der Waals surface area contributed by atoms with Gasteiger partial charge in [-0.25, -0.2) is 4.98 Å². The van der Waals surface area contributed by atoms with Crippen molar-refractivity contribution >= 4 is 0 Å². The maximum absolute atomic E-state index is 3.94. The largest absolute Gasteiger partial charge is 0.263 e. The summed E-state index contributed by atoms with van der Waals surface area (Å²) in [6.45, 7) is 7.73. The van der Waals surface area contributed by atoms with Gasteiger partial charge in [0.15, 0.2) is 0 Å². The number of aryl methyl sites for hydroxylation is 2. The van der Waals surface area contributed by atoms with Crippen LogP contribution in [-0.2, 0) is 0 Å². The van der Waals surface area contributed by atoms with E-state index >= 15 is 0 Å². The zero-order valence-electron chi connectivity index (χ0n) is 6.39. The van der Waals surface area contributed by atoms with Crippen LogP contribution in [0.3, 0.4) is 0 Å². The fourth-order valence-electron chi connectivity index (χ4n) is 0.455. The molecular formula is C6H13N3. The van der Waals surface area contributed by atoms with E-state index < -0.39 is 0 Å². The van der Waals surface area contributed by atoms with E-state index in [1.807, 2.05) is 27.7 Å². The van der Waals surface area contributed by atoms with Gasteiger partial charge in [-0.2, -0.15) is 5.10 Å². The van der Waals surface area contributed by atoms with Gasteiger partial charge in [0.1, 0.15) is 11.6 Å². The monoisotopic (exact) mass is 127 g/mol. The molecule has 0 amide bonds. The van der Waals surface area contributed by atoms with Crippen molar-refractivity contribution in [2.24, 2.45) is 0 Å². The van der Waals surface area contributed by atoms with E-state index in [0.29, 0.717) is 0 Å². The van der Waals surface area contributed by atoms with E-state index in [4.69, 9.17) is 0 Å². The average Bonchev–Trinajstić information content (AvgIpc) is 2.20. The zero-order valence-corrected chi connectivity index (χ0v) is 6.39. The molecule has 0 atom stereocenters. The van der Waals surface area contributed by atoms with Crippen LogP contribution in [0.1, 0.15) is 25.5 Å². The third-order valence-electron chi connectivity index (χ3n) is 0.709. The Morgan fingerprint density at radius 1 is 1.22 bits per heavy atom. The van der Waals surface area contributed by atoms with Crippen LogP contribution < -0.4 is 0 Å². The summed E-state index contributed by atoms with van der Waals surface area (Å²) in [6.07, 6.45) is 0. The van der Waals surface area contributed by atoms with Gasteiger partial charge in [0.2, 0.25) is 0 Å². The van der Waals surface area contributed by atoms with Crippen molar-refractivity contribution in [3.05, 3.63) is 11.6 Å². The Kier molecular flexibility index (Phi) is 3.67. The van der Waals surface area contributed by atoms with E-state index in [1.54, 1.807) is 0 Å². The molecule has 0 aromatic carbocycles. The van der Waals surface area contributed by atoms with Crippen LogP contribution >= 0.6 is 0 Å². The molecule has 1 N–H and O–H groups in total. The molecule has 1 aromatic heterocycles. The molecule has 0 unspecified atom stereocenters. The lowest BCUT2D eigenvalue weighted by atomic mass is 10.7. The highest BCUT2D eigenvalue weighted by Crippen LogP contribution is 1.83. The number of hydrogen-bond donors (Lipinski definition) is 1. The standard InChI is InChI=1S/C4H7N3.C2H6/c1-3-5-4(2)7-6-3;1-2/h1-2H3,(H,5,6,7);1-2H3. The van der Waals surface area contributed by atoms with Gasteiger partial charge in [0, 0.05) is 0 Å². The summed E-state index contributed by atoms with van der Waals surface area (Å²) >= 11 is 0. The normalized spacial score (nSPS) is 8.00. The Balaban J connectivity index is 0.000000291. The highest BCUT2D eigenvalue weighted by Gasteiger charge is 1.86. The minimum absolute atomic E-state index is 0.803. The third kappa shape index (κ3) is 2.85. The van der Waals surface area contributed by atoms with Gasteiger partial charge < -0.3 is 0 Å². The number of rotatable bonds is 0. The van der Waals surface area contributed by atoms with Gasteiger partial charge in [-0.15, -0.1) is 0 Å². The second kappa shape index (κ2) is 4.06. The number of nitrogens with zero attached hydrogens (tertiary/aromatic N) is 2. The summed E-state index contributed by atoms with van der Waals surface area (Å²) in [5.74, 6) is 1.68. The summed E-state index contributed by atoms with van der Waals surface area (Å²) in [4.78, 5) is 3.94. The quantitative estimate of drug-likeness (QED) is 0.573. The fraction of sp³-hybridized carbons (Fsp3) is 0.667. The Morgan fingerprint density at radius 3 is 1.89 bits per heavy atom. The Morgan fingerprint density at radius 2 is 1.78 bits per heavy atom. The van der Waals surface area contributed by atoms with Crippen LogP contribution in [-0.4, -0.2) is 15.2 Å². The van der Waals surface area contributed by atoms with Gasteiger partial charge in [-0.1, -0.05) is 13.8 Å². The topological polar surface area (TPSA) is 41.6 Å². The molecule has 0 spiro atoms. The molecule has 0 saturated carbocycles. The van der Waals surface area contributed by atoms with E-state index in [0.717, 1.165) is 11.6 Å². The third-order valence-corrected chi connectivity index (χ3v) is 0.709. The summed E-state index contributed by atoms with van der Waals surface area (Å²) in [6, 6.07) is 0. The average molecular weight is 127 g/mol. The smallest absolute Gasteiger partial charge is 0.147 e. The number of H-pyrrole nitrogens is 1. The highest BCUT2D eigenvalue weighted by atomic mass is 15.2. The van der Waals surface area contributed by atoms with Crippen LogP contribution in [0, 0.1) is 13.8 Å². The first-order valence-electron chi connectivity index (χ1n) is 3.14. The van der Waals surface area contributed by atoms with E-state index in [-0.39, 0.29) is 0 Å². The number of aromatic amines is 1. The van der Waals surface area contributed by atoms with E-state index in [9.17, 15) is 0 Å². The first-order chi connectivity index (χ1) is 4.29. The first-order valence-corrected chi connectivity index (χ1v) is 3.14. The van der Waals surface area contributed by atoms with Gasteiger partial charge in [0.25, 0.3) is 0 Å². The van der Waals surface area contributed by atoms with Gasteiger partial charge in [-0.3, -0.25) is 5.10 Å². The van der Waals surface area contributed by atoms with E-state index in [1.165, 1.54) is 0 Å². The molecule has 1 rings (SSSR count). The molecule has 1 heterocycles. The predicted molar refractivity (Wildman–Crippen MR) is 37.2 cm³/mol. The van der Waals surface area contributed by atoms with Crippen LogP contribution in [0.25, 0.3) is 0 Å². The van der Waals surface area contributed by atoms with Crippen molar-refractivity contribution in [3.63, 3.8) is 0 Å². The molecule has 0 saturated heterocycles. The lowest BCUT2D eigenvalue weighted by Crippen LogP contribution is -1.70. The van der Waals surface area contributed by atoms with Crippen LogP contribution in [0.2, 0.25) is 0 Å². The predicted octanol–water partition coefficient (Wildman–Crippen LogP) is 1.45. The second-order valence-corrected chi connectivity index (χ2v) is 1.47. The Hall–Kier alpha value is -0.860. The highest BCUT2D eigenvalue weighted by molar-refractivity contribution is 4.82. The second-order valence-electron chi connectivity index (χ2n) is 1.47. The maximum atomic E-state index is 3.94. The lowest BCUT2D eigenvalue weighted by Gasteiger charge is -1.68. The fourth-order valence-corrected chi connectivity index (χ4v) is 0.455. The van der Waals surface area contributed by atoms with E-state index in [2.05, 4.69) is 15.2 Å². The molecule has 0 aliphatic rings. The molecular weight excluding hydrogens is 114 g/mol. The van der Waals surface area contributed by atoms with Crippen molar-refractivity contribution in [3.8, 4) is 0 Å². The minimum Gasteiger partial charge on any atom is -0.263 e. The molecule has 3 heteroatoms. The summed E-state index contributed by atoms with van der Waals surface area (Å²) in [5, 5.41) is 6.49. The molecule has 9 heavy (non-hydrogen) atoms. The molecule has 0 bridgehead atoms. The van der Waals surface area contributed by atoms with Crippen molar-refractivity contribution in [1.29, 1.82) is 0 Å². The van der Waals surface area contributed by atoms with Crippen LogP contribution in [0.5, 0.6) is 0 Å². The summed E-state index contributed by atoms with van der Waals surface area (Å²) in [7, 11) is 0. The van der Waals surface area contributed by atoms with Crippen molar-refractivity contribution < 1.29 is 0 Å². The van der Waals surface area contributed by atoms with Gasteiger partial charge >= 0.3 is 0 Å². The molecule has 0 aliphatic heterocycles. The van der Waals surface area contributed by atoms with Crippen LogP contribution in [0.4, 0.5) is 0 Å². The van der Waals surface area contributed by atoms with Gasteiger partial charge in [-0.05, 0) is 13.8 Å². The Bertz CT molecular complexity index is 141. The number of aromatic nitrogens is 3. The van der Waals surface area contributed by atoms with Crippen LogP contribution in [0.15, 0.2) is 0 Å². The zero-order chi connectivity index (χ0) is 7.28. The Labute approximate surface area is 55.5 Å².